The first-order valence-corrected chi connectivity index (χ1v) is 11.3. The minimum atomic E-state index is -3.48. The van der Waals surface area contributed by atoms with Gasteiger partial charge in [0.1, 0.15) is 0 Å². The fraction of sp³-hybridized carbons (Fsp3) is 0.318. The molecule has 0 bridgehead atoms. The molecule has 8 heteroatoms. The minimum Gasteiger partial charge on any atom is -0.451 e. The summed E-state index contributed by atoms with van der Waals surface area (Å²) in [6.07, 6.45) is 0.656. The highest BCUT2D eigenvalue weighted by atomic mass is 32.2. The van der Waals surface area contributed by atoms with E-state index in [1.54, 1.807) is 30.0 Å². The third-order valence-corrected chi connectivity index (χ3v) is 6.26. The van der Waals surface area contributed by atoms with E-state index in [0.29, 0.717) is 24.1 Å². The van der Waals surface area contributed by atoms with Crippen LogP contribution < -0.4 is 4.90 Å². The standard InChI is InChI=1S/C22H23NO6S/c1-13-5-7-18(30(4,27)28)12-19(13)22(26)29-14(2)21(25)17-6-8-20-16(11-17)9-10-23(20)15(3)24/h5-8,11-12,14H,9-10H2,1-4H3/t14-/m0/s1. The zero-order valence-corrected chi connectivity index (χ0v) is 18.1. The molecule has 3 rings (SSSR count). The summed E-state index contributed by atoms with van der Waals surface area (Å²) in [4.78, 5) is 38.7. The Balaban J connectivity index is 1.78. The van der Waals surface area contributed by atoms with Gasteiger partial charge in [0.25, 0.3) is 0 Å². The number of benzene rings is 2. The molecule has 1 aliphatic heterocycles. The molecular weight excluding hydrogens is 406 g/mol. The number of carbonyl (C=O) groups excluding carboxylic acids is 3. The second-order valence-electron chi connectivity index (χ2n) is 7.42. The number of carbonyl (C=O) groups is 3. The predicted molar refractivity (Wildman–Crippen MR) is 112 cm³/mol. The Morgan fingerprint density at radius 2 is 1.80 bits per heavy atom. The van der Waals surface area contributed by atoms with E-state index in [1.807, 2.05) is 0 Å². The molecule has 0 aromatic heterocycles. The molecule has 1 heterocycles. The minimum absolute atomic E-state index is 0.00711. The summed E-state index contributed by atoms with van der Waals surface area (Å²) in [5.74, 6) is -1.19. The Kier molecular flexibility index (Phi) is 5.81. The fourth-order valence-electron chi connectivity index (χ4n) is 3.45. The Hall–Kier alpha value is -3.00. The molecule has 0 N–H and O–H groups in total. The van der Waals surface area contributed by atoms with Gasteiger partial charge in [-0.25, -0.2) is 13.2 Å². The summed E-state index contributed by atoms with van der Waals surface area (Å²) in [6.45, 7) is 5.21. The molecule has 1 aliphatic rings. The van der Waals surface area contributed by atoms with Gasteiger partial charge in [-0.05, 0) is 61.7 Å². The second kappa shape index (κ2) is 8.02. The first-order chi connectivity index (χ1) is 14.0. The Morgan fingerprint density at radius 3 is 2.43 bits per heavy atom. The van der Waals surface area contributed by atoms with E-state index in [9.17, 15) is 22.8 Å². The summed E-state index contributed by atoms with van der Waals surface area (Å²) >= 11 is 0. The number of aryl methyl sites for hydroxylation is 1. The zero-order chi connectivity index (χ0) is 22.2. The third kappa shape index (κ3) is 4.28. The van der Waals surface area contributed by atoms with Gasteiger partial charge in [-0.1, -0.05) is 6.07 Å². The molecule has 1 amide bonds. The van der Waals surface area contributed by atoms with Crippen molar-refractivity contribution < 1.29 is 27.5 Å². The maximum Gasteiger partial charge on any atom is 0.339 e. The van der Waals surface area contributed by atoms with Crippen LogP contribution in [0.3, 0.4) is 0 Å². The quantitative estimate of drug-likeness (QED) is 0.535. The lowest BCUT2D eigenvalue weighted by Crippen LogP contribution is -2.26. The highest BCUT2D eigenvalue weighted by molar-refractivity contribution is 7.90. The van der Waals surface area contributed by atoms with Crippen molar-refractivity contribution in [1.82, 2.24) is 0 Å². The Labute approximate surface area is 175 Å². The van der Waals surface area contributed by atoms with Gasteiger partial charge in [-0.2, -0.15) is 0 Å². The average Bonchev–Trinajstić information content (AvgIpc) is 3.10. The maximum atomic E-state index is 12.8. The molecule has 158 valence electrons. The lowest BCUT2D eigenvalue weighted by atomic mass is 10.0. The largest absolute Gasteiger partial charge is 0.451 e. The topological polar surface area (TPSA) is 97.8 Å². The summed E-state index contributed by atoms with van der Waals surface area (Å²) < 4.78 is 28.9. The Bertz CT molecular complexity index is 1150. The number of nitrogens with zero attached hydrogens (tertiary/aromatic N) is 1. The van der Waals surface area contributed by atoms with E-state index in [4.69, 9.17) is 4.74 Å². The molecule has 0 spiro atoms. The van der Waals surface area contributed by atoms with Crippen LogP contribution in [0.4, 0.5) is 5.69 Å². The van der Waals surface area contributed by atoms with Gasteiger partial charge in [0.05, 0.1) is 10.5 Å². The van der Waals surface area contributed by atoms with E-state index in [1.165, 1.54) is 32.0 Å². The monoisotopic (exact) mass is 429 g/mol. The van der Waals surface area contributed by atoms with Crippen LogP contribution in [0.15, 0.2) is 41.3 Å². The number of rotatable bonds is 5. The van der Waals surface area contributed by atoms with Crippen molar-refractivity contribution in [2.75, 3.05) is 17.7 Å². The molecule has 0 aliphatic carbocycles. The molecule has 0 radical (unpaired) electrons. The van der Waals surface area contributed by atoms with Crippen LogP contribution in [0, 0.1) is 6.92 Å². The number of fused-ring (bicyclic) bond motifs is 1. The van der Waals surface area contributed by atoms with E-state index < -0.39 is 21.9 Å². The normalized spacial score (nSPS) is 14.2. The zero-order valence-electron chi connectivity index (χ0n) is 17.3. The van der Waals surface area contributed by atoms with Gasteiger partial charge in [0.2, 0.25) is 11.7 Å². The lowest BCUT2D eigenvalue weighted by Gasteiger charge is -2.16. The van der Waals surface area contributed by atoms with Crippen molar-refractivity contribution in [2.24, 2.45) is 0 Å². The van der Waals surface area contributed by atoms with Gasteiger partial charge in [0.15, 0.2) is 15.9 Å². The molecule has 2 aromatic rings. The van der Waals surface area contributed by atoms with E-state index in [2.05, 4.69) is 0 Å². The number of ether oxygens (including phenoxy) is 1. The molecule has 0 fully saturated rings. The van der Waals surface area contributed by atoms with E-state index in [0.717, 1.165) is 17.5 Å². The molecular formula is C22H23NO6S. The van der Waals surface area contributed by atoms with Crippen molar-refractivity contribution in [2.45, 2.75) is 38.2 Å². The van der Waals surface area contributed by atoms with E-state index >= 15 is 0 Å². The van der Waals surface area contributed by atoms with Crippen molar-refractivity contribution in [3.05, 3.63) is 58.7 Å². The number of anilines is 1. The number of ketones is 1. The number of esters is 1. The van der Waals surface area contributed by atoms with Crippen LogP contribution in [0.25, 0.3) is 0 Å². The number of Topliss-reactive ketones (excluding diaryl/α,β-unsaturated/α-hetero) is 1. The van der Waals surface area contributed by atoms with Gasteiger partial charge in [0, 0.05) is 31.0 Å². The van der Waals surface area contributed by atoms with Gasteiger partial charge in [-0.15, -0.1) is 0 Å². The van der Waals surface area contributed by atoms with Crippen molar-refractivity contribution in [1.29, 1.82) is 0 Å². The summed E-state index contributed by atoms with van der Waals surface area (Å²) in [7, 11) is -3.48. The van der Waals surface area contributed by atoms with Crippen LogP contribution in [-0.2, 0) is 25.8 Å². The molecule has 2 aromatic carbocycles. The highest BCUT2D eigenvalue weighted by Crippen LogP contribution is 2.29. The van der Waals surface area contributed by atoms with E-state index in [-0.39, 0.29) is 22.1 Å². The van der Waals surface area contributed by atoms with Crippen LogP contribution in [0.5, 0.6) is 0 Å². The number of hydrogen-bond acceptors (Lipinski definition) is 6. The van der Waals surface area contributed by atoms with Gasteiger partial charge in [-0.3, -0.25) is 9.59 Å². The number of sulfone groups is 1. The molecule has 0 unspecified atom stereocenters. The third-order valence-electron chi connectivity index (χ3n) is 5.15. The number of amides is 1. The van der Waals surface area contributed by atoms with Gasteiger partial charge < -0.3 is 9.64 Å². The van der Waals surface area contributed by atoms with Crippen LogP contribution in [-0.4, -0.2) is 45.0 Å². The molecule has 0 saturated heterocycles. The summed E-state index contributed by atoms with van der Waals surface area (Å²) in [5, 5.41) is 0. The fourth-order valence-corrected chi connectivity index (χ4v) is 4.09. The summed E-state index contributed by atoms with van der Waals surface area (Å²) in [6, 6.07) is 9.27. The number of hydrogen-bond donors (Lipinski definition) is 0. The molecule has 0 saturated carbocycles. The molecule has 1 atom stereocenters. The molecule has 30 heavy (non-hydrogen) atoms. The smallest absolute Gasteiger partial charge is 0.339 e. The predicted octanol–water partition coefficient (Wildman–Crippen LogP) is 2.74. The first kappa shape index (κ1) is 21.7. The van der Waals surface area contributed by atoms with Crippen molar-refractivity contribution in [3.8, 4) is 0 Å². The first-order valence-electron chi connectivity index (χ1n) is 9.46. The summed E-state index contributed by atoms with van der Waals surface area (Å²) in [5.41, 5.74) is 2.72. The van der Waals surface area contributed by atoms with Crippen molar-refractivity contribution >= 4 is 33.2 Å². The molecule has 7 nitrogen and oxygen atoms in total. The highest BCUT2D eigenvalue weighted by Gasteiger charge is 2.26. The Morgan fingerprint density at radius 1 is 1.10 bits per heavy atom. The van der Waals surface area contributed by atoms with Crippen LogP contribution in [0.1, 0.15) is 45.7 Å². The van der Waals surface area contributed by atoms with Gasteiger partial charge >= 0.3 is 5.97 Å². The van der Waals surface area contributed by atoms with Crippen LogP contribution in [0.2, 0.25) is 0 Å². The average molecular weight is 429 g/mol. The second-order valence-corrected chi connectivity index (χ2v) is 9.44. The maximum absolute atomic E-state index is 12.8. The lowest BCUT2D eigenvalue weighted by molar-refractivity contribution is -0.116. The van der Waals surface area contributed by atoms with Crippen molar-refractivity contribution in [3.63, 3.8) is 0 Å². The SMILES string of the molecule is CC(=O)N1CCc2cc(C(=O)[C@H](C)OC(=O)c3cc(S(C)(=O)=O)ccc3C)ccc21. The van der Waals surface area contributed by atoms with Crippen LogP contribution >= 0.6 is 0 Å².